The summed E-state index contributed by atoms with van der Waals surface area (Å²) in [5.41, 5.74) is 2.69. The molecule has 22 heavy (non-hydrogen) atoms. The first-order chi connectivity index (χ1) is 10.6. The van der Waals surface area contributed by atoms with E-state index in [0.717, 1.165) is 23.8 Å². The van der Waals surface area contributed by atoms with Gasteiger partial charge in [-0.3, -0.25) is 4.68 Å². The Labute approximate surface area is 130 Å². The Hall–Kier alpha value is -2.37. The zero-order valence-electron chi connectivity index (χ0n) is 13.2. The molecule has 5 nitrogen and oxygen atoms in total. The van der Waals surface area contributed by atoms with Crippen molar-refractivity contribution in [2.75, 3.05) is 6.54 Å². The highest BCUT2D eigenvalue weighted by molar-refractivity contribution is 5.79. The van der Waals surface area contributed by atoms with Gasteiger partial charge in [-0.25, -0.2) is 9.38 Å². The van der Waals surface area contributed by atoms with E-state index in [1.807, 2.05) is 30.8 Å². The van der Waals surface area contributed by atoms with Gasteiger partial charge in [0.25, 0.3) is 0 Å². The molecular weight excluding hydrogens is 281 g/mol. The van der Waals surface area contributed by atoms with Gasteiger partial charge in [0.05, 0.1) is 18.8 Å². The molecule has 118 valence electrons. The van der Waals surface area contributed by atoms with E-state index in [1.165, 1.54) is 6.07 Å². The molecule has 0 saturated heterocycles. The molecule has 2 rings (SSSR count). The van der Waals surface area contributed by atoms with Crippen molar-refractivity contribution in [3.63, 3.8) is 0 Å². The van der Waals surface area contributed by atoms with Crippen LogP contribution in [0.1, 0.15) is 23.7 Å². The molecule has 0 spiro atoms. The number of aromatic nitrogens is 2. The van der Waals surface area contributed by atoms with Crippen LogP contribution < -0.4 is 10.6 Å². The lowest BCUT2D eigenvalue weighted by Crippen LogP contribution is -2.37. The molecule has 0 aliphatic rings. The summed E-state index contributed by atoms with van der Waals surface area (Å²) in [5, 5.41) is 10.6. The molecule has 1 aromatic heterocycles. The van der Waals surface area contributed by atoms with Gasteiger partial charge in [0.2, 0.25) is 0 Å². The smallest absolute Gasteiger partial charge is 0.191 e. The third-order valence-corrected chi connectivity index (χ3v) is 3.35. The number of aryl methyl sites for hydroxylation is 2. The summed E-state index contributed by atoms with van der Waals surface area (Å²) in [6.07, 6.45) is 1.77. The number of hydrogen-bond donors (Lipinski definition) is 2. The molecule has 1 heterocycles. The average Bonchev–Trinajstić information content (AvgIpc) is 2.91. The number of halogens is 1. The van der Waals surface area contributed by atoms with Crippen LogP contribution in [-0.4, -0.2) is 22.3 Å². The van der Waals surface area contributed by atoms with Crippen molar-refractivity contribution in [2.45, 2.75) is 26.9 Å². The molecule has 2 aromatic rings. The first-order valence-electron chi connectivity index (χ1n) is 7.34. The number of nitrogens with one attached hydrogen (secondary N) is 2. The number of nitrogens with zero attached hydrogens (tertiary/aromatic N) is 3. The summed E-state index contributed by atoms with van der Waals surface area (Å²) in [5.74, 6) is 0.541. The SMILES string of the molecule is CCNC(=NCc1ccc(F)c(C)c1)NCc1ccnn1C. The first-order valence-corrected chi connectivity index (χ1v) is 7.34. The highest BCUT2D eigenvalue weighted by Crippen LogP contribution is 2.10. The summed E-state index contributed by atoms with van der Waals surface area (Å²) in [6.45, 7) is 5.70. The van der Waals surface area contributed by atoms with Gasteiger partial charge in [-0.15, -0.1) is 0 Å². The van der Waals surface area contributed by atoms with Crippen molar-refractivity contribution in [3.8, 4) is 0 Å². The molecular formula is C16H22FN5. The molecule has 2 N–H and O–H groups in total. The zero-order valence-corrected chi connectivity index (χ0v) is 13.2. The van der Waals surface area contributed by atoms with Crippen LogP contribution in [0.5, 0.6) is 0 Å². The maximum absolute atomic E-state index is 13.3. The number of benzene rings is 1. The van der Waals surface area contributed by atoms with Gasteiger partial charge in [0.15, 0.2) is 5.96 Å². The van der Waals surface area contributed by atoms with Gasteiger partial charge in [-0.05, 0) is 37.1 Å². The molecule has 0 amide bonds. The van der Waals surface area contributed by atoms with E-state index < -0.39 is 0 Å². The lowest BCUT2D eigenvalue weighted by Gasteiger charge is -2.11. The maximum Gasteiger partial charge on any atom is 0.191 e. The molecule has 0 radical (unpaired) electrons. The minimum Gasteiger partial charge on any atom is -0.357 e. The molecule has 0 saturated carbocycles. The minimum atomic E-state index is -0.186. The number of aliphatic imine (C=N–C) groups is 1. The summed E-state index contributed by atoms with van der Waals surface area (Å²) < 4.78 is 15.1. The van der Waals surface area contributed by atoms with Gasteiger partial charge >= 0.3 is 0 Å². The second-order valence-electron chi connectivity index (χ2n) is 5.08. The van der Waals surface area contributed by atoms with Gasteiger partial charge in [0, 0.05) is 19.8 Å². The third-order valence-electron chi connectivity index (χ3n) is 3.35. The van der Waals surface area contributed by atoms with Crippen LogP contribution in [0.25, 0.3) is 0 Å². The first kappa shape index (κ1) is 16.0. The fourth-order valence-corrected chi connectivity index (χ4v) is 2.07. The molecule has 0 atom stereocenters. The van der Waals surface area contributed by atoms with Crippen LogP contribution in [-0.2, 0) is 20.1 Å². The van der Waals surface area contributed by atoms with Crippen molar-refractivity contribution in [3.05, 3.63) is 53.1 Å². The second-order valence-corrected chi connectivity index (χ2v) is 5.08. The van der Waals surface area contributed by atoms with Crippen LogP contribution >= 0.6 is 0 Å². The van der Waals surface area contributed by atoms with Gasteiger partial charge in [-0.1, -0.05) is 12.1 Å². The Morgan fingerprint density at radius 3 is 2.77 bits per heavy atom. The largest absolute Gasteiger partial charge is 0.357 e. The monoisotopic (exact) mass is 303 g/mol. The van der Waals surface area contributed by atoms with Gasteiger partial charge in [0.1, 0.15) is 5.82 Å². The van der Waals surface area contributed by atoms with Crippen LogP contribution in [0.3, 0.4) is 0 Å². The summed E-state index contributed by atoms with van der Waals surface area (Å²) in [4.78, 5) is 4.53. The van der Waals surface area contributed by atoms with Crippen molar-refractivity contribution in [1.82, 2.24) is 20.4 Å². The molecule has 6 heteroatoms. The van der Waals surface area contributed by atoms with Gasteiger partial charge in [-0.2, -0.15) is 5.10 Å². The molecule has 0 aliphatic heterocycles. The Balaban J connectivity index is 2.00. The zero-order chi connectivity index (χ0) is 15.9. The summed E-state index contributed by atoms with van der Waals surface area (Å²) >= 11 is 0. The Kier molecular flexibility index (Phi) is 5.52. The summed E-state index contributed by atoms with van der Waals surface area (Å²) in [6, 6.07) is 7.02. The van der Waals surface area contributed by atoms with E-state index >= 15 is 0 Å². The van der Waals surface area contributed by atoms with E-state index in [4.69, 9.17) is 0 Å². The minimum absolute atomic E-state index is 0.186. The Bertz CT molecular complexity index is 648. The highest BCUT2D eigenvalue weighted by atomic mass is 19.1. The topological polar surface area (TPSA) is 54.2 Å². The number of guanidine groups is 1. The average molecular weight is 303 g/mol. The highest BCUT2D eigenvalue weighted by Gasteiger charge is 2.02. The van der Waals surface area contributed by atoms with E-state index in [0.29, 0.717) is 18.7 Å². The summed E-state index contributed by atoms with van der Waals surface area (Å²) in [7, 11) is 1.91. The fourth-order valence-electron chi connectivity index (χ4n) is 2.07. The third kappa shape index (κ3) is 4.31. The lowest BCUT2D eigenvalue weighted by molar-refractivity contribution is 0.617. The van der Waals surface area contributed by atoms with E-state index in [2.05, 4.69) is 20.7 Å². The maximum atomic E-state index is 13.3. The normalized spacial score (nSPS) is 11.5. The van der Waals surface area contributed by atoms with Crippen LogP contribution in [0, 0.1) is 12.7 Å². The standard InChI is InChI=1S/C16H22FN5/c1-4-18-16(20-11-14-7-8-21-22(14)3)19-10-13-5-6-15(17)12(2)9-13/h5-9H,4,10-11H2,1-3H3,(H2,18,19,20). The van der Waals surface area contributed by atoms with E-state index in [9.17, 15) is 4.39 Å². The number of rotatable bonds is 5. The van der Waals surface area contributed by atoms with Crippen molar-refractivity contribution >= 4 is 5.96 Å². The lowest BCUT2D eigenvalue weighted by atomic mass is 10.1. The quantitative estimate of drug-likeness (QED) is 0.657. The molecule has 0 aliphatic carbocycles. The van der Waals surface area contributed by atoms with Gasteiger partial charge < -0.3 is 10.6 Å². The van der Waals surface area contributed by atoms with Crippen LogP contribution in [0.15, 0.2) is 35.5 Å². The fraction of sp³-hybridized carbons (Fsp3) is 0.375. The van der Waals surface area contributed by atoms with Crippen LogP contribution in [0.4, 0.5) is 4.39 Å². The number of hydrogen-bond acceptors (Lipinski definition) is 2. The van der Waals surface area contributed by atoms with Crippen molar-refractivity contribution in [2.24, 2.45) is 12.0 Å². The molecule has 0 bridgehead atoms. The Morgan fingerprint density at radius 1 is 1.32 bits per heavy atom. The van der Waals surface area contributed by atoms with Crippen molar-refractivity contribution < 1.29 is 4.39 Å². The molecule has 0 fully saturated rings. The van der Waals surface area contributed by atoms with E-state index in [1.54, 1.807) is 19.2 Å². The molecule has 1 aromatic carbocycles. The predicted octanol–water partition coefficient (Wildman–Crippen LogP) is 2.12. The van der Waals surface area contributed by atoms with E-state index in [-0.39, 0.29) is 5.82 Å². The molecule has 0 unspecified atom stereocenters. The predicted molar refractivity (Wildman–Crippen MR) is 86.0 cm³/mol. The van der Waals surface area contributed by atoms with Crippen LogP contribution in [0.2, 0.25) is 0 Å². The Morgan fingerprint density at radius 2 is 2.14 bits per heavy atom. The van der Waals surface area contributed by atoms with Crippen molar-refractivity contribution in [1.29, 1.82) is 0 Å². The second kappa shape index (κ2) is 7.59.